The molecule has 0 aliphatic heterocycles. The molecule has 0 radical (unpaired) electrons. The molecule has 0 aromatic heterocycles. The Kier molecular flexibility index (Phi) is 4.38. The van der Waals surface area contributed by atoms with Crippen LogP contribution in [0.2, 0.25) is 0 Å². The lowest BCUT2D eigenvalue weighted by Crippen LogP contribution is -2.27. The third-order valence-corrected chi connectivity index (χ3v) is 2.83. The monoisotopic (exact) mass is 229 g/mol. The lowest BCUT2D eigenvalue weighted by atomic mass is 9.86. The number of benzene rings is 1. The number of hydrogen-bond donors (Lipinski definition) is 2. The second-order valence-electron chi connectivity index (χ2n) is 4.23. The number of halogens is 2. The van der Waals surface area contributed by atoms with Gasteiger partial charge in [-0.05, 0) is 18.5 Å². The van der Waals surface area contributed by atoms with Crippen molar-refractivity contribution in [3.05, 3.63) is 35.4 Å². The van der Waals surface area contributed by atoms with Crippen LogP contribution in [0.25, 0.3) is 0 Å². The van der Waals surface area contributed by atoms with E-state index in [9.17, 15) is 13.9 Å². The van der Waals surface area contributed by atoms with Crippen molar-refractivity contribution in [2.24, 2.45) is 17.6 Å². The van der Waals surface area contributed by atoms with Gasteiger partial charge in [0.2, 0.25) is 0 Å². The summed E-state index contributed by atoms with van der Waals surface area (Å²) in [6.45, 7) is 4.00. The molecule has 90 valence electrons. The van der Waals surface area contributed by atoms with E-state index in [2.05, 4.69) is 0 Å². The molecule has 0 saturated carbocycles. The van der Waals surface area contributed by atoms with Gasteiger partial charge in [-0.3, -0.25) is 0 Å². The average molecular weight is 229 g/mol. The van der Waals surface area contributed by atoms with Crippen LogP contribution in [0.5, 0.6) is 0 Å². The fraction of sp³-hybridized carbons (Fsp3) is 0.500. The second-order valence-corrected chi connectivity index (χ2v) is 4.23. The van der Waals surface area contributed by atoms with Gasteiger partial charge < -0.3 is 10.8 Å². The minimum Gasteiger partial charge on any atom is -0.388 e. The van der Waals surface area contributed by atoms with Crippen molar-refractivity contribution in [3.63, 3.8) is 0 Å². The Morgan fingerprint density at radius 3 is 2.44 bits per heavy atom. The molecular formula is C12H17F2NO. The van der Waals surface area contributed by atoms with E-state index in [1.165, 1.54) is 12.1 Å². The summed E-state index contributed by atoms with van der Waals surface area (Å²) < 4.78 is 26.4. The molecule has 0 bridgehead atoms. The minimum absolute atomic E-state index is 0.0239. The van der Waals surface area contributed by atoms with Crippen LogP contribution in [0.15, 0.2) is 18.2 Å². The van der Waals surface area contributed by atoms with Crippen molar-refractivity contribution < 1.29 is 13.9 Å². The molecule has 16 heavy (non-hydrogen) atoms. The van der Waals surface area contributed by atoms with Gasteiger partial charge in [-0.2, -0.15) is 0 Å². The van der Waals surface area contributed by atoms with E-state index in [-0.39, 0.29) is 23.9 Å². The molecule has 3 N–H and O–H groups in total. The van der Waals surface area contributed by atoms with Gasteiger partial charge in [-0.15, -0.1) is 0 Å². The highest BCUT2D eigenvalue weighted by Gasteiger charge is 2.26. The number of aliphatic hydroxyl groups excluding tert-OH is 1. The first-order chi connectivity index (χ1) is 7.49. The van der Waals surface area contributed by atoms with E-state index in [0.29, 0.717) is 0 Å². The maximum absolute atomic E-state index is 13.4. The maximum Gasteiger partial charge on any atom is 0.164 e. The normalized spacial score (nSPS) is 15.2. The van der Waals surface area contributed by atoms with E-state index in [1.807, 2.05) is 13.8 Å². The van der Waals surface area contributed by atoms with Gasteiger partial charge in [0.25, 0.3) is 0 Å². The molecule has 1 rings (SSSR count). The molecule has 1 aromatic rings. The molecule has 0 aliphatic carbocycles. The molecule has 2 unspecified atom stereocenters. The highest BCUT2D eigenvalue weighted by molar-refractivity contribution is 5.22. The van der Waals surface area contributed by atoms with Crippen LogP contribution in [0.3, 0.4) is 0 Å². The lowest BCUT2D eigenvalue weighted by molar-refractivity contribution is 0.0821. The first-order valence-electron chi connectivity index (χ1n) is 5.31. The van der Waals surface area contributed by atoms with Crippen molar-refractivity contribution >= 4 is 0 Å². The molecule has 0 fully saturated rings. The maximum atomic E-state index is 13.4. The van der Waals surface area contributed by atoms with Crippen molar-refractivity contribution in [1.82, 2.24) is 0 Å². The van der Waals surface area contributed by atoms with Gasteiger partial charge in [0.15, 0.2) is 11.6 Å². The summed E-state index contributed by atoms with van der Waals surface area (Å²) in [7, 11) is 0. The minimum atomic E-state index is -1.07. The molecule has 1 aromatic carbocycles. The largest absolute Gasteiger partial charge is 0.388 e. The zero-order valence-corrected chi connectivity index (χ0v) is 9.45. The highest BCUT2D eigenvalue weighted by Crippen LogP contribution is 2.29. The summed E-state index contributed by atoms with van der Waals surface area (Å²) in [5.74, 6) is -2.12. The molecule has 2 nitrogen and oxygen atoms in total. The van der Waals surface area contributed by atoms with Crippen LogP contribution in [0.4, 0.5) is 8.78 Å². The highest BCUT2D eigenvalue weighted by atomic mass is 19.2. The molecule has 0 amide bonds. The van der Waals surface area contributed by atoms with Crippen molar-refractivity contribution in [2.75, 3.05) is 6.54 Å². The number of aliphatic hydroxyl groups is 1. The third kappa shape index (κ3) is 2.57. The molecule has 4 heteroatoms. The molecular weight excluding hydrogens is 212 g/mol. The summed E-state index contributed by atoms with van der Waals surface area (Å²) in [4.78, 5) is 0. The van der Waals surface area contributed by atoms with Crippen LogP contribution in [0, 0.1) is 23.5 Å². The van der Waals surface area contributed by atoms with Gasteiger partial charge >= 0.3 is 0 Å². The first kappa shape index (κ1) is 13.1. The first-order valence-corrected chi connectivity index (χ1v) is 5.31. The van der Waals surface area contributed by atoms with E-state index in [1.54, 1.807) is 0 Å². The van der Waals surface area contributed by atoms with Gasteiger partial charge in [0.1, 0.15) is 0 Å². The summed E-state index contributed by atoms with van der Waals surface area (Å²) in [6, 6.07) is 3.79. The molecule has 0 spiro atoms. The summed E-state index contributed by atoms with van der Waals surface area (Å²) in [6.07, 6.45) is -1.07. The van der Waals surface area contributed by atoms with Gasteiger partial charge in [0.05, 0.1) is 6.10 Å². The number of nitrogens with two attached hydrogens (primary N) is 1. The predicted molar refractivity (Wildman–Crippen MR) is 58.7 cm³/mol. The Morgan fingerprint density at radius 2 is 1.94 bits per heavy atom. The Labute approximate surface area is 94.1 Å². The Hall–Kier alpha value is -1.00. The molecule has 0 saturated heterocycles. The lowest BCUT2D eigenvalue weighted by Gasteiger charge is -2.25. The summed E-state index contributed by atoms with van der Waals surface area (Å²) in [5, 5.41) is 9.97. The molecule has 0 aliphatic rings. The molecule has 0 heterocycles. The Morgan fingerprint density at radius 1 is 1.31 bits per heavy atom. The fourth-order valence-electron chi connectivity index (χ4n) is 1.75. The Balaban J connectivity index is 3.03. The predicted octanol–water partition coefficient (Wildman–Crippen LogP) is 2.23. The van der Waals surface area contributed by atoms with Crippen molar-refractivity contribution in [2.45, 2.75) is 20.0 Å². The van der Waals surface area contributed by atoms with Gasteiger partial charge in [-0.1, -0.05) is 26.0 Å². The van der Waals surface area contributed by atoms with Crippen LogP contribution >= 0.6 is 0 Å². The van der Waals surface area contributed by atoms with Crippen LogP contribution < -0.4 is 5.73 Å². The van der Waals surface area contributed by atoms with E-state index >= 15 is 0 Å². The quantitative estimate of drug-likeness (QED) is 0.831. The SMILES string of the molecule is CC(C)C(CN)C(O)c1cccc(F)c1F. The topological polar surface area (TPSA) is 46.2 Å². The van der Waals surface area contributed by atoms with Crippen LogP contribution in [-0.4, -0.2) is 11.7 Å². The third-order valence-electron chi connectivity index (χ3n) is 2.83. The summed E-state index contributed by atoms with van der Waals surface area (Å²) in [5.41, 5.74) is 5.50. The van der Waals surface area contributed by atoms with Crippen molar-refractivity contribution in [1.29, 1.82) is 0 Å². The summed E-state index contributed by atoms with van der Waals surface area (Å²) >= 11 is 0. The standard InChI is InChI=1S/C12H17F2NO/c1-7(2)9(6-15)12(16)8-4-3-5-10(13)11(8)14/h3-5,7,9,12,16H,6,15H2,1-2H3. The molecule has 2 atom stereocenters. The smallest absolute Gasteiger partial charge is 0.164 e. The average Bonchev–Trinajstić information content (AvgIpc) is 2.22. The second kappa shape index (κ2) is 5.37. The van der Waals surface area contributed by atoms with E-state index in [0.717, 1.165) is 6.07 Å². The van der Waals surface area contributed by atoms with E-state index < -0.39 is 17.7 Å². The van der Waals surface area contributed by atoms with Crippen LogP contribution in [-0.2, 0) is 0 Å². The van der Waals surface area contributed by atoms with Crippen LogP contribution in [0.1, 0.15) is 25.5 Å². The van der Waals surface area contributed by atoms with E-state index in [4.69, 9.17) is 5.73 Å². The zero-order valence-electron chi connectivity index (χ0n) is 9.45. The van der Waals surface area contributed by atoms with Crippen molar-refractivity contribution in [3.8, 4) is 0 Å². The van der Waals surface area contributed by atoms with Gasteiger partial charge in [-0.25, -0.2) is 8.78 Å². The fourth-order valence-corrected chi connectivity index (χ4v) is 1.75. The van der Waals surface area contributed by atoms with Gasteiger partial charge in [0, 0.05) is 11.5 Å². The number of rotatable bonds is 4. The zero-order chi connectivity index (χ0) is 12.3. The Bertz CT molecular complexity index is 355. The number of hydrogen-bond acceptors (Lipinski definition) is 2.